The summed E-state index contributed by atoms with van der Waals surface area (Å²) in [6.07, 6.45) is 6.78. The molecule has 1 aromatic carbocycles. The van der Waals surface area contributed by atoms with Gasteiger partial charge in [-0.1, -0.05) is 19.3 Å². The van der Waals surface area contributed by atoms with Crippen LogP contribution in [0.5, 0.6) is 11.5 Å². The van der Waals surface area contributed by atoms with Crippen molar-refractivity contribution in [3.8, 4) is 11.5 Å². The van der Waals surface area contributed by atoms with Crippen molar-refractivity contribution >= 4 is 11.4 Å². The molecule has 4 heteroatoms. The van der Waals surface area contributed by atoms with Crippen molar-refractivity contribution in [3.05, 3.63) is 12.1 Å². The lowest BCUT2D eigenvalue weighted by Crippen LogP contribution is -2.19. The third-order valence-corrected chi connectivity index (χ3v) is 4.02. The molecule has 1 aromatic rings. The van der Waals surface area contributed by atoms with Gasteiger partial charge >= 0.3 is 0 Å². The van der Waals surface area contributed by atoms with Crippen LogP contribution >= 0.6 is 0 Å². The van der Waals surface area contributed by atoms with E-state index >= 15 is 0 Å². The van der Waals surface area contributed by atoms with Crippen molar-refractivity contribution in [2.45, 2.75) is 32.1 Å². The predicted octanol–water partition coefficient (Wildman–Crippen LogP) is 3.03. The zero-order chi connectivity index (χ0) is 13.1. The summed E-state index contributed by atoms with van der Waals surface area (Å²) in [6, 6.07) is 3.82. The summed E-state index contributed by atoms with van der Waals surface area (Å²) in [5, 5.41) is 3.47. The Morgan fingerprint density at radius 2 is 1.74 bits per heavy atom. The summed E-state index contributed by atoms with van der Waals surface area (Å²) < 4.78 is 11.1. The molecule has 0 unspecified atom stereocenters. The van der Waals surface area contributed by atoms with Crippen LogP contribution in [0.3, 0.4) is 0 Å². The average Bonchev–Trinajstić information content (AvgIpc) is 2.46. The number of ether oxygens (including phenoxy) is 2. The lowest BCUT2D eigenvalue weighted by molar-refractivity contribution is 0.172. The van der Waals surface area contributed by atoms with Gasteiger partial charge in [0.05, 0.1) is 11.4 Å². The highest BCUT2D eigenvalue weighted by atomic mass is 16.6. The fourth-order valence-electron chi connectivity index (χ4n) is 2.90. The van der Waals surface area contributed by atoms with Crippen LogP contribution in [0.2, 0.25) is 0 Å². The number of nitrogens with one attached hydrogen (secondary N) is 1. The van der Waals surface area contributed by atoms with Gasteiger partial charge in [-0.3, -0.25) is 0 Å². The number of hydrogen-bond acceptors (Lipinski definition) is 4. The molecule has 0 radical (unpaired) electrons. The van der Waals surface area contributed by atoms with Crippen LogP contribution in [0.25, 0.3) is 0 Å². The number of fused-ring (bicyclic) bond motifs is 1. The van der Waals surface area contributed by atoms with Crippen LogP contribution in [-0.2, 0) is 0 Å². The maximum atomic E-state index is 6.06. The molecule has 0 saturated heterocycles. The van der Waals surface area contributed by atoms with Gasteiger partial charge in [-0.25, -0.2) is 0 Å². The summed E-state index contributed by atoms with van der Waals surface area (Å²) in [4.78, 5) is 0. The minimum Gasteiger partial charge on any atom is -0.486 e. The minimum atomic E-state index is 0.599. The van der Waals surface area contributed by atoms with Crippen molar-refractivity contribution < 1.29 is 9.47 Å². The normalized spacial score (nSPS) is 19.2. The Morgan fingerprint density at radius 1 is 1.05 bits per heavy atom. The topological polar surface area (TPSA) is 56.5 Å². The molecule has 0 atom stereocenters. The van der Waals surface area contributed by atoms with Gasteiger partial charge in [-0.05, 0) is 18.8 Å². The van der Waals surface area contributed by atoms with Gasteiger partial charge in [-0.2, -0.15) is 0 Å². The predicted molar refractivity (Wildman–Crippen MR) is 76.9 cm³/mol. The zero-order valence-electron chi connectivity index (χ0n) is 11.3. The first-order valence-electron chi connectivity index (χ1n) is 7.26. The van der Waals surface area contributed by atoms with E-state index in [0.717, 1.165) is 35.3 Å². The lowest BCUT2D eigenvalue weighted by atomic mass is 9.89. The number of rotatable bonds is 3. The fraction of sp³-hybridized carbons (Fsp3) is 0.600. The molecule has 2 aliphatic rings. The molecular weight excluding hydrogens is 240 g/mol. The Morgan fingerprint density at radius 3 is 2.47 bits per heavy atom. The molecule has 4 nitrogen and oxygen atoms in total. The molecule has 104 valence electrons. The van der Waals surface area contributed by atoms with Crippen molar-refractivity contribution in [1.82, 2.24) is 0 Å². The van der Waals surface area contributed by atoms with Crippen molar-refractivity contribution in [3.63, 3.8) is 0 Å². The molecule has 1 fully saturated rings. The highest BCUT2D eigenvalue weighted by molar-refractivity contribution is 5.72. The fourth-order valence-corrected chi connectivity index (χ4v) is 2.90. The second kappa shape index (κ2) is 5.59. The third kappa shape index (κ3) is 2.88. The van der Waals surface area contributed by atoms with Crippen molar-refractivity contribution in [2.24, 2.45) is 5.92 Å². The monoisotopic (exact) mass is 262 g/mol. The van der Waals surface area contributed by atoms with Crippen molar-refractivity contribution in [2.75, 3.05) is 30.8 Å². The van der Waals surface area contributed by atoms with Crippen LogP contribution in [0, 0.1) is 5.92 Å². The van der Waals surface area contributed by atoms with E-state index in [0.29, 0.717) is 13.2 Å². The molecule has 1 aliphatic carbocycles. The van der Waals surface area contributed by atoms with E-state index in [-0.39, 0.29) is 0 Å². The van der Waals surface area contributed by atoms with Crippen LogP contribution in [0.4, 0.5) is 11.4 Å². The molecule has 0 bridgehead atoms. The Balaban J connectivity index is 1.66. The van der Waals surface area contributed by atoms with Gasteiger partial charge in [0.15, 0.2) is 11.5 Å². The van der Waals surface area contributed by atoms with E-state index in [1.54, 1.807) is 0 Å². The lowest BCUT2D eigenvalue weighted by Gasteiger charge is -2.24. The van der Waals surface area contributed by atoms with Crippen LogP contribution in [0.1, 0.15) is 32.1 Å². The summed E-state index contributed by atoms with van der Waals surface area (Å²) in [7, 11) is 0. The van der Waals surface area contributed by atoms with Gasteiger partial charge in [0.2, 0.25) is 0 Å². The Labute approximate surface area is 114 Å². The van der Waals surface area contributed by atoms with Gasteiger partial charge in [-0.15, -0.1) is 0 Å². The van der Waals surface area contributed by atoms with Crippen LogP contribution in [0.15, 0.2) is 12.1 Å². The first-order chi connectivity index (χ1) is 9.33. The third-order valence-electron chi connectivity index (χ3n) is 4.02. The zero-order valence-corrected chi connectivity index (χ0v) is 11.3. The van der Waals surface area contributed by atoms with E-state index in [9.17, 15) is 0 Å². The first kappa shape index (κ1) is 12.5. The molecule has 0 amide bonds. The SMILES string of the molecule is Nc1cc2c(cc1NCC1CCCCC1)OCCO2. The van der Waals surface area contributed by atoms with Gasteiger partial charge in [0, 0.05) is 18.7 Å². The molecule has 0 aromatic heterocycles. The van der Waals surface area contributed by atoms with Crippen molar-refractivity contribution in [1.29, 1.82) is 0 Å². The number of nitrogens with two attached hydrogens (primary N) is 1. The minimum absolute atomic E-state index is 0.599. The molecule has 19 heavy (non-hydrogen) atoms. The quantitative estimate of drug-likeness (QED) is 0.822. The summed E-state index contributed by atoms with van der Waals surface area (Å²) in [5.41, 5.74) is 7.77. The van der Waals surface area contributed by atoms with E-state index in [1.165, 1.54) is 32.1 Å². The van der Waals surface area contributed by atoms with E-state index < -0.39 is 0 Å². The number of nitrogen functional groups attached to an aromatic ring is 1. The Hall–Kier alpha value is -1.58. The van der Waals surface area contributed by atoms with E-state index in [2.05, 4.69) is 5.32 Å². The molecular formula is C15H22N2O2. The Kier molecular flexibility index (Phi) is 3.67. The molecule has 3 N–H and O–H groups in total. The maximum absolute atomic E-state index is 6.06. The second-order valence-electron chi connectivity index (χ2n) is 5.47. The van der Waals surface area contributed by atoms with Gasteiger partial charge < -0.3 is 20.5 Å². The summed E-state index contributed by atoms with van der Waals surface area (Å²) >= 11 is 0. The summed E-state index contributed by atoms with van der Waals surface area (Å²) in [6.45, 7) is 2.21. The first-order valence-corrected chi connectivity index (χ1v) is 7.26. The standard InChI is InChI=1S/C15H22N2O2/c16-12-8-14-15(19-7-6-18-14)9-13(12)17-10-11-4-2-1-3-5-11/h8-9,11,17H,1-7,10,16H2. The largest absolute Gasteiger partial charge is 0.486 e. The highest BCUT2D eigenvalue weighted by Crippen LogP contribution is 2.37. The Bertz CT molecular complexity index is 442. The smallest absolute Gasteiger partial charge is 0.163 e. The van der Waals surface area contributed by atoms with E-state index in [4.69, 9.17) is 15.2 Å². The number of benzene rings is 1. The van der Waals surface area contributed by atoms with E-state index in [1.807, 2.05) is 12.1 Å². The number of hydrogen-bond donors (Lipinski definition) is 2. The van der Waals surface area contributed by atoms with Crippen LogP contribution < -0.4 is 20.5 Å². The molecule has 1 saturated carbocycles. The average molecular weight is 262 g/mol. The molecule has 3 rings (SSSR count). The van der Waals surface area contributed by atoms with Gasteiger partial charge in [0.1, 0.15) is 13.2 Å². The molecule has 0 spiro atoms. The molecule has 1 aliphatic heterocycles. The van der Waals surface area contributed by atoms with Crippen LogP contribution in [-0.4, -0.2) is 19.8 Å². The summed E-state index contributed by atoms with van der Waals surface area (Å²) in [5.74, 6) is 2.33. The molecule has 1 heterocycles. The number of anilines is 2. The second-order valence-corrected chi connectivity index (χ2v) is 5.47. The van der Waals surface area contributed by atoms with Gasteiger partial charge in [0.25, 0.3) is 0 Å². The maximum Gasteiger partial charge on any atom is 0.163 e. The highest BCUT2D eigenvalue weighted by Gasteiger charge is 2.16.